The molecule has 6 nitrogen and oxygen atoms in total. The van der Waals surface area contributed by atoms with Crippen LogP contribution in [0, 0.1) is 11.8 Å². The van der Waals surface area contributed by atoms with Crippen LogP contribution in [0.2, 0.25) is 0 Å². The summed E-state index contributed by atoms with van der Waals surface area (Å²) in [4.78, 5) is 15.8. The molecule has 1 fully saturated rings. The smallest absolute Gasteiger partial charge is 0.225 e. The van der Waals surface area contributed by atoms with Gasteiger partial charge in [0.2, 0.25) is 5.91 Å². The summed E-state index contributed by atoms with van der Waals surface area (Å²) in [7, 11) is 0. The van der Waals surface area contributed by atoms with Gasteiger partial charge < -0.3 is 15.5 Å². The van der Waals surface area contributed by atoms with E-state index in [2.05, 4.69) is 47.6 Å². The highest BCUT2D eigenvalue weighted by atomic mass is 16.5. The third-order valence-corrected chi connectivity index (χ3v) is 7.55. The zero-order valence-electron chi connectivity index (χ0n) is 19.8. The standard InChI is InChI=1S/C27H36N4O2/c1-18(2)23(17-30-12-6-3-7-13-30)29-27(32)21-14-19-10-11-24-25(26(19)28-15-21)22-9-5-4-8-20(22)16-31(24)33/h4-5,8-11,18,21,23,28,33H,3,6-7,12-17H2,1-2H3,(H,29,32)/t21-,23-/m1/s1. The van der Waals surface area contributed by atoms with Gasteiger partial charge in [-0.1, -0.05) is 50.6 Å². The molecule has 6 heteroatoms. The largest absolute Gasteiger partial charge is 0.383 e. The molecule has 3 aliphatic heterocycles. The number of carbonyl (C=O) groups excluding carboxylic acids is 1. The normalized spacial score (nSPS) is 21.0. The molecule has 1 amide bonds. The number of hydrogen-bond donors (Lipinski definition) is 3. The van der Waals surface area contributed by atoms with Gasteiger partial charge in [-0.15, -0.1) is 0 Å². The van der Waals surface area contributed by atoms with Crippen molar-refractivity contribution in [2.24, 2.45) is 11.8 Å². The van der Waals surface area contributed by atoms with Gasteiger partial charge in [-0.05, 0) is 61.0 Å². The summed E-state index contributed by atoms with van der Waals surface area (Å²) in [5, 5.41) is 18.8. The van der Waals surface area contributed by atoms with E-state index in [0.717, 1.165) is 53.3 Å². The van der Waals surface area contributed by atoms with Gasteiger partial charge in [-0.2, -0.15) is 0 Å². The number of hydroxylamine groups is 1. The van der Waals surface area contributed by atoms with E-state index in [1.54, 1.807) is 0 Å². The third-order valence-electron chi connectivity index (χ3n) is 7.55. The van der Waals surface area contributed by atoms with Crippen LogP contribution in [0.15, 0.2) is 36.4 Å². The van der Waals surface area contributed by atoms with Gasteiger partial charge in [0, 0.05) is 30.4 Å². The van der Waals surface area contributed by atoms with Crippen LogP contribution >= 0.6 is 0 Å². The minimum absolute atomic E-state index is 0.0952. The second-order valence-electron chi connectivity index (χ2n) is 10.2. The highest BCUT2D eigenvalue weighted by molar-refractivity contribution is 5.94. The molecule has 0 aromatic heterocycles. The SMILES string of the molecule is CC(C)[C@@H](CN1CCCCC1)NC(=O)[C@H]1CNc2c(ccc3c2-c2ccccc2CN3O)C1. The Bertz CT molecular complexity index is 1020. The molecule has 176 valence electrons. The lowest BCUT2D eigenvalue weighted by atomic mass is 9.85. The predicted molar refractivity (Wildman–Crippen MR) is 133 cm³/mol. The molecule has 0 bridgehead atoms. The summed E-state index contributed by atoms with van der Waals surface area (Å²) in [5.41, 5.74) is 6.33. The first-order valence-electron chi connectivity index (χ1n) is 12.5. The van der Waals surface area contributed by atoms with Crippen LogP contribution in [0.4, 0.5) is 11.4 Å². The number of fused-ring (bicyclic) bond motifs is 5. The minimum Gasteiger partial charge on any atom is -0.383 e. The molecule has 33 heavy (non-hydrogen) atoms. The first-order valence-corrected chi connectivity index (χ1v) is 12.5. The number of likely N-dealkylation sites (tertiary alicyclic amines) is 1. The maximum atomic E-state index is 13.3. The van der Waals surface area contributed by atoms with Crippen LogP contribution in [-0.2, 0) is 17.8 Å². The summed E-state index contributed by atoms with van der Waals surface area (Å²) in [6.45, 7) is 8.73. The van der Waals surface area contributed by atoms with Crippen molar-refractivity contribution in [3.05, 3.63) is 47.5 Å². The highest BCUT2D eigenvalue weighted by Gasteiger charge is 2.32. The number of nitrogens with one attached hydrogen (secondary N) is 2. The van der Waals surface area contributed by atoms with Gasteiger partial charge in [0.15, 0.2) is 0 Å². The van der Waals surface area contributed by atoms with Gasteiger partial charge >= 0.3 is 0 Å². The zero-order valence-corrected chi connectivity index (χ0v) is 19.8. The van der Waals surface area contributed by atoms with Crippen molar-refractivity contribution < 1.29 is 10.0 Å². The molecule has 2 aromatic rings. The minimum atomic E-state index is -0.0952. The third kappa shape index (κ3) is 4.46. The first kappa shape index (κ1) is 22.2. The second-order valence-corrected chi connectivity index (χ2v) is 10.2. The van der Waals surface area contributed by atoms with E-state index in [0.29, 0.717) is 25.4 Å². The molecule has 0 radical (unpaired) electrons. The van der Waals surface area contributed by atoms with Crippen LogP contribution in [0.5, 0.6) is 0 Å². The quantitative estimate of drug-likeness (QED) is 0.637. The summed E-state index contributed by atoms with van der Waals surface area (Å²) in [6.07, 6.45) is 4.57. The Morgan fingerprint density at radius 3 is 2.70 bits per heavy atom. The number of hydrogen-bond acceptors (Lipinski definition) is 5. The monoisotopic (exact) mass is 448 g/mol. The van der Waals surface area contributed by atoms with Crippen LogP contribution in [0.25, 0.3) is 11.1 Å². The van der Waals surface area contributed by atoms with Crippen molar-refractivity contribution in [2.75, 3.05) is 36.6 Å². The highest BCUT2D eigenvalue weighted by Crippen LogP contribution is 2.46. The lowest BCUT2D eigenvalue weighted by Gasteiger charge is -2.35. The average Bonchev–Trinajstić information content (AvgIpc) is 2.83. The summed E-state index contributed by atoms with van der Waals surface area (Å²) < 4.78 is 0. The molecule has 0 aliphatic carbocycles. The van der Waals surface area contributed by atoms with Crippen molar-refractivity contribution in [3.8, 4) is 11.1 Å². The molecule has 3 aliphatic rings. The molecule has 2 aromatic carbocycles. The van der Waals surface area contributed by atoms with Crippen LogP contribution in [0.3, 0.4) is 0 Å². The Labute approximate surface area is 196 Å². The van der Waals surface area contributed by atoms with E-state index >= 15 is 0 Å². The Balaban J connectivity index is 1.33. The van der Waals surface area contributed by atoms with Crippen LogP contribution in [0.1, 0.15) is 44.2 Å². The molecule has 5 rings (SSSR count). The van der Waals surface area contributed by atoms with Gasteiger partial charge in [-0.3, -0.25) is 15.1 Å². The fourth-order valence-electron chi connectivity index (χ4n) is 5.54. The molecule has 2 atom stereocenters. The topological polar surface area (TPSA) is 67.8 Å². The van der Waals surface area contributed by atoms with Crippen molar-refractivity contribution in [1.29, 1.82) is 0 Å². The molecule has 0 unspecified atom stereocenters. The van der Waals surface area contributed by atoms with E-state index in [1.165, 1.54) is 24.3 Å². The fourth-order valence-corrected chi connectivity index (χ4v) is 5.54. The molecule has 1 saturated heterocycles. The summed E-state index contributed by atoms with van der Waals surface area (Å²) in [5.74, 6) is 0.451. The van der Waals surface area contributed by atoms with Crippen LogP contribution < -0.4 is 15.7 Å². The van der Waals surface area contributed by atoms with E-state index in [9.17, 15) is 10.0 Å². The molecule has 0 saturated carbocycles. The molecular weight excluding hydrogens is 412 g/mol. The summed E-state index contributed by atoms with van der Waals surface area (Å²) >= 11 is 0. The number of rotatable bonds is 5. The molecule has 3 N–H and O–H groups in total. The van der Waals surface area contributed by atoms with Crippen molar-refractivity contribution >= 4 is 17.3 Å². The van der Waals surface area contributed by atoms with E-state index < -0.39 is 0 Å². The lowest BCUT2D eigenvalue weighted by molar-refractivity contribution is -0.125. The maximum Gasteiger partial charge on any atom is 0.225 e. The van der Waals surface area contributed by atoms with E-state index in [4.69, 9.17) is 0 Å². The fraction of sp³-hybridized carbons (Fsp3) is 0.519. The van der Waals surface area contributed by atoms with Gasteiger partial charge in [-0.25, -0.2) is 0 Å². The van der Waals surface area contributed by atoms with Crippen molar-refractivity contribution in [2.45, 2.75) is 52.1 Å². The lowest BCUT2D eigenvalue weighted by Crippen LogP contribution is -2.50. The number of piperidine rings is 1. The van der Waals surface area contributed by atoms with Gasteiger partial charge in [0.1, 0.15) is 0 Å². The maximum absolute atomic E-state index is 13.3. The Kier molecular flexibility index (Phi) is 6.30. The Morgan fingerprint density at radius 2 is 1.91 bits per heavy atom. The van der Waals surface area contributed by atoms with Crippen LogP contribution in [-0.4, -0.2) is 48.2 Å². The molecular formula is C27H36N4O2. The molecule has 3 heterocycles. The number of nitrogens with zero attached hydrogens (tertiary/aromatic N) is 2. The Morgan fingerprint density at radius 1 is 1.12 bits per heavy atom. The van der Waals surface area contributed by atoms with Gasteiger partial charge in [0.05, 0.1) is 18.2 Å². The number of benzene rings is 2. The molecule has 0 spiro atoms. The average molecular weight is 449 g/mol. The number of amides is 1. The number of carbonyl (C=O) groups is 1. The number of anilines is 2. The van der Waals surface area contributed by atoms with E-state index in [1.807, 2.05) is 18.2 Å². The Hall–Kier alpha value is -2.57. The summed E-state index contributed by atoms with van der Waals surface area (Å²) in [6, 6.07) is 12.5. The second kappa shape index (κ2) is 9.35. The van der Waals surface area contributed by atoms with Crippen molar-refractivity contribution in [1.82, 2.24) is 10.2 Å². The van der Waals surface area contributed by atoms with Gasteiger partial charge in [0.25, 0.3) is 0 Å². The van der Waals surface area contributed by atoms with E-state index in [-0.39, 0.29) is 17.9 Å². The first-order chi connectivity index (χ1) is 16.0. The predicted octanol–water partition coefficient (Wildman–Crippen LogP) is 4.27. The van der Waals surface area contributed by atoms with Crippen molar-refractivity contribution in [3.63, 3.8) is 0 Å². The zero-order chi connectivity index (χ0) is 22.9.